The summed E-state index contributed by atoms with van der Waals surface area (Å²) >= 11 is 0. The standard InChI is InChI=1S/C13H16N6O/c1-8-17-12(11(4-14)13(15)18-8)3-2-9-5-16-6-10(7-20)19-9/h4-6,14,20H,2-3,7H2,1H3,(H2,15,17,18). The Labute approximate surface area is 116 Å². The summed E-state index contributed by atoms with van der Waals surface area (Å²) in [5.41, 5.74) is 8.35. The van der Waals surface area contributed by atoms with Gasteiger partial charge < -0.3 is 16.2 Å². The maximum atomic E-state index is 9.03. The normalized spacial score (nSPS) is 10.5. The predicted molar refractivity (Wildman–Crippen MR) is 74.4 cm³/mol. The van der Waals surface area contributed by atoms with Crippen molar-refractivity contribution < 1.29 is 5.11 Å². The van der Waals surface area contributed by atoms with E-state index in [9.17, 15) is 0 Å². The summed E-state index contributed by atoms with van der Waals surface area (Å²) in [6.45, 7) is 1.63. The van der Waals surface area contributed by atoms with Crippen molar-refractivity contribution >= 4 is 12.0 Å². The van der Waals surface area contributed by atoms with Gasteiger partial charge in [-0.1, -0.05) is 0 Å². The molecule has 2 rings (SSSR count). The molecule has 0 amide bonds. The van der Waals surface area contributed by atoms with Crippen molar-refractivity contribution in [3.05, 3.63) is 40.9 Å². The molecule has 0 aliphatic heterocycles. The van der Waals surface area contributed by atoms with Crippen LogP contribution in [0.2, 0.25) is 0 Å². The van der Waals surface area contributed by atoms with Gasteiger partial charge in [-0.25, -0.2) is 9.97 Å². The summed E-state index contributed by atoms with van der Waals surface area (Å²) in [6, 6.07) is 0. The molecule has 0 fully saturated rings. The SMILES string of the molecule is Cc1nc(N)c(C=N)c(CCc2cncc(CO)n2)n1. The van der Waals surface area contributed by atoms with Gasteiger partial charge in [0.15, 0.2) is 0 Å². The summed E-state index contributed by atoms with van der Waals surface area (Å²) in [7, 11) is 0. The molecule has 0 saturated heterocycles. The zero-order valence-corrected chi connectivity index (χ0v) is 11.2. The molecule has 0 unspecified atom stereocenters. The second kappa shape index (κ2) is 6.16. The Morgan fingerprint density at radius 2 is 1.95 bits per heavy atom. The van der Waals surface area contributed by atoms with Crippen LogP contribution in [-0.4, -0.2) is 31.3 Å². The van der Waals surface area contributed by atoms with Crippen LogP contribution in [0.25, 0.3) is 0 Å². The number of rotatable bonds is 5. The Balaban J connectivity index is 2.20. The minimum Gasteiger partial charge on any atom is -0.390 e. The number of aliphatic hydroxyl groups excluding tert-OH is 1. The van der Waals surface area contributed by atoms with Crippen LogP contribution in [0, 0.1) is 12.3 Å². The quantitative estimate of drug-likeness (QED) is 0.679. The molecular weight excluding hydrogens is 256 g/mol. The maximum absolute atomic E-state index is 9.03. The first kappa shape index (κ1) is 14.0. The second-order valence-corrected chi connectivity index (χ2v) is 4.32. The highest BCUT2D eigenvalue weighted by atomic mass is 16.3. The highest BCUT2D eigenvalue weighted by Crippen LogP contribution is 2.13. The van der Waals surface area contributed by atoms with Crippen LogP contribution in [-0.2, 0) is 19.4 Å². The fourth-order valence-corrected chi connectivity index (χ4v) is 1.91. The van der Waals surface area contributed by atoms with Gasteiger partial charge in [-0.15, -0.1) is 0 Å². The molecule has 104 valence electrons. The van der Waals surface area contributed by atoms with Crippen molar-refractivity contribution in [3.63, 3.8) is 0 Å². The molecule has 0 aliphatic carbocycles. The summed E-state index contributed by atoms with van der Waals surface area (Å²) in [6.07, 6.45) is 5.54. The molecule has 7 heteroatoms. The number of nitrogen functional groups attached to an aromatic ring is 1. The van der Waals surface area contributed by atoms with Gasteiger partial charge in [0.25, 0.3) is 0 Å². The van der Waals surface area contributed by atoms with Crippen LogP contribution in [0.4, 0.5) is 5.82 Å². The Hall–Kier alpha value is -2.41. The number of nitrogens with two attached hydrogens (primary N) is 1. The van der Waals surface area contributed by atoms with E-state index in [2.05, 4.69) is 19.9 Å². The van der Waals surface area contributed by atoms with E-state index < -0.39 is 0 Å². The first-order chi connectivity index (χ1) is 9.63. The number of hydrogen-bond acceptors (Lipinski definition) is 7. The van der Waals surface area contributed by atoms with Crippen LogP contribution in [0.5, 0.6) is 0 Å². The molecule has 0 radical (unpaired) electrons. The third-order valence-corrected chi connectivity index (χ3v) is 2.82. The van der Waals surface area contributed by atoms with Crippen molar-refractivity contribution in [2.24, 2.45) is 0 Å². The molecule has 4 N–H and O–H groups in total. The number of aryl methyl sites for hydroxylation is 3. The number of aromatic nitrogens is 4. The molecule has 7 nitrogen and oxygen atoms in total. The molecule has 0 aromatic carbocycles. The fraction of sp³-hybridized carbons (Fsp3) is 0.308. The summed E-state index contributed by atoms with van der Waals surface area (Å²) in [4.78, 5) is 16.6. The molecule has 0 aliphatic rings. The van der Waals surface area contributed by atoms with E-state index in [1.165, 1.54) is 12.4 Å². The summed E-state index contributed by atoms with van der Waals surface area (Å²) < 4.78 is 0. The van der Waals surface area contributed by atoms with Crippen molar-refractivity contribution in [2.75, 3.05) is 5.73 Å². The average Bonchev–Trinajstić information content (AvgIpc) is 2.45. The molecule has 20 heavy (non-hydrogen) atoms. The molecular formula is C13H16N6O. The minimum absolute atomic E-state index is 0.133. The maximum Gasteiger partial charge on any atom is 0.136 e. The first-order valence-corrected chi connectivity index (χ1v) is 6.18. The largest absolute Gasteiger partial charge is 0.390 e. The van der Waals surface area contributed by atoms with Gasteiger partial charge in [0.1, 0.15) is 11.6 Å². The number of anilines is 1. The van der Waals surface area contributed by atoms with Gasteiger partial charge in [0.05, 0.1) is 35.4 Å². The summed E-state index contributed by atoms with van der Waals surface area (Å²) in [5, 5.41) is 16.4. The van der Waals surface area contributed by atoms with Crippen LogP contribution in [0.1, 0.15) is 28.5 Å². The molecule has 2 aromatic rings. The van der Waals surface area contributed by atoms with E-state index in [-0.39, 0.29) is 6.61 Å². The molecule has 2 aromatic heterocycles. The number of aliphatic hydroxyl groups is 1. The van der Waals surface area contributed by atoms with E-state index in [1.54, 1.807) is 13.1 Å². The number of hydrogen-bond donors (Lipinski definition) is 3. The number of nitrogens with one attached hydrogen (secondary N) is 1. The molecule has 0 atom stereocenters. The molecule has 2 heterocycles. The lowest BCUT2D eigenvalue weighted by atomic mass is 10.1. The molecule has 0 spiro atoms. The fourth-order valence-electron chi connectivity index (χ4n) is 1.91. The van der Waals surface area contributed by atoms with Crippen LogP contribution >= 0.6 is 0 Å². The van der Waals surface area contributed by atoms with Crippen molar-refractivity contribution in [1.29, 1.82) is 5.41 Å². The third-order valence-electron chi connectivity index (χ3n) is 2.82. The van der Waals surface area contributed by atoms with E-state index in [0.29, 0.717) is 35.7 Å². The van der Waals surface area contributed by atoms with Gasteiger partial charge in [-0.05, 0) is 19.8 Å². The lowest BCUT2D eigenvalue weighted by molar-refractivity contribution is 0.276. The Bertz CT molecular complexity index is 628. The number of nitrogens with zero attached hydrogens (tertiary/aromatic N) is 4. The van der Waals surface area contributed by atoms with Crippen molar-refractivity contribution in [2.45, 2.75) is 26.4 Å². The zero-order chi connectivity index (χ0) is 14.5. The summed E-state index contributed by atoms with van der Waals surface area (Å²) in [5.74, 6) is 0.899. The van der Waals surface area contributed by atoms with E-state index >= 15 is 0 Å². The van der Waals surface area contributed by atoms with Crippen LogP contribution in [0.15, 0.2) is 12.4 Å². The van der Waals surface area contributed by atoms with Gasteiger partial charge >= 0.3 is 0 Å². The van der Waals surface area contributed by atoms with Crippen LogP contribution < -0.4 is 5.73 Å². The van der Waals surface area contributed by atoms with Crippen molar-refractivity contribution in [1.82, 2.24) is 19.9 Å². The van der Waals surface area contributed by atoms with Gasteiger partial charge in [-0.2, -0.15) is 0 Å². The Morgan fingerprint density at radius 3 is 2.65 bits per heavy atom. The lowest BCUT2D eigenvalue weighted by Crippen LogP contribution is -2.09. The lowest BCUT2D eigenvalue weighted by Gasteiger charge is -2.08. The molecule has 0 saturated carbocycles. The first-order valence-electron chi connectivity index (χ1n) is 6.18. The van der Waals surface area contributed by atoms with Crippen LogP contribution in [0.3, 0.4) is 0 Å². The van der Waals surface area contributed by atoms with Gasteiger partial charge in [0, 0.05) is 12.4 Å². The second-order valence-electron chi connectivity index (χ2n) is 4.32. The highest BCUT2D eigenvalue weighted by Gasteiger charge is 2.09. The Kier molecular flexibility index (Phi) is 4.31. The highest BCUT2D eigenvalue weighted by molar-refractivity contribution is 5.84. The monoisotopic (exact) mass is 272 g/mol. The van der Waals surface area contributed by atoms with E-state index in [4.69, 9.17) is 16.2 Å². The Morgan fingerprint density at radius 1 is 1.20 bits per heavy atom. The molecule has 0 bridgehead atoms. The smallest absolute Gasteiger partial charge is 0.136 e. The minimum atomic E-state index is -0.133. The zero-order valence-electron chi connectivity index (χ0n) is 11.2. The van der Waals surface area contributed by atoms with Crippen molar-refractivity contribution in [3.8, 4) is 0 Å². The topological polar surface area (TPSA) is 122 Å². The van der Waals surface area contributed by atoms with Gasteiger partial charge in [-0.3, -0.25) is 9.97 Å². The van der Waals surface area contributed by atoms with Gasteiger partial charge in [0.2, 0.25) is 0 Å². The van der Waals surface area contributed by atoms with E-state index in [0.717, 1.165) is 11.4 Å². The average molecular weight is 272 g/mol. The third kappa shape index (κ3) is 3.12. The predicted octanol–water partition coefficient (Wildman–Crippen LogP) is 0.432. The van der Waals surface area contributed by atoms with E-state index in [1.807, 2.05) is 0 Å².